The highest BCUT2D eigenvalue weighted by atomic mass is 35.5. The van der Waals surface area contributed by atoms with Gasteiger partial charge in [-0.15, -0.1) is 11.6 Å². The molecule has 0 amide bonds. The van der Waals surface area contributed by atoms with Crippen molar-refractivity contribution in [2.75, 3.05) is 6.38 Å². The van der Waals surface area contributed by atoms with Gasteiger partial charge in [0.05, 0.1) is 5.56 Å². The molecule has 3 nitrogen and oxygen atoms in total. The molecular weight excluding hydrogens is 215 g/mol. The van der Waals surface area contributed by atoms with E-state index < -0.39 is 5.97 Å². The van der Waals surface area contributed by atoms with Crippen LogP contribution in [0.15, 0.2) is 24.3 Å². The number of carbonyl (C=O) groups is 1. The molecule has 13 heavy (non-hydrogen) atoms. The maximum Gasteiger partial charge on any atom is 0.372 e. The molecule has 5 heteroatoms. The molecule has 1 N–H and O–H groups in total. The Hall–Kier alpha value is -0.770. The van der Waals surface area contributed by atoms with Gasteiger partial charge in [0.15, 0.2) is 0 Å². The highest BCUT2D eigenvalue weighted by Gasteiger charge is 2.05. The Balaban J connectivity index is 0.000000671. The van der Waals surface area contributed by atoms with Gasteiger partial charge in [0.1, 0.15) is 0 Å². The Morgan fingerprint density at radius 2 is 2.08 bits per heavy atom. The summed E-state index contributed by atoms with van der Waals surface area (Å²) in [6.07, 6.45) is 1.47. The maximum atomic E-state index is 10.6. The van der Waals surface area contributed by atoms with E-state index in [9.17, 15) is 4.79 Å². The maximum absolute atomic E-state index is 10.6. The number of hydrogen-bond acceptors (Lipinski definition) is 3. The topological polar surface area (TPSA) is 46.5 Å². The predicted molar refractivity (Wildman–Crippen MR) is 51.3 cm³/mol. The molecule has 0 atom stereocenters. The first-order valence-electron chi connectivity index (χ1n) is 3.23. The molecule has 0 aromatic heterocycles. The molecule has 0 saturated heterocycles. The first-order valence-corrected chi connectivity index (χ1v) is 4.36. The average Bonchev–Trinajstić information content (AvgIpc) is 2.20. The molecule has 0 aliphatic carbocycles. The smallest absolute Gasteiger partial charge is 0.296 e. The van der Waals surface area contributed by atoms with Crippen molar-refractivity contribution in [3.8, 4) is 0 Å². The second-order valence-electron chi connectivity index (χ2n) is 1.89. The lowest BCUT2D eigenvalue weighted by Gasteiger charge is -1.95. The number of rotatable bonds is 1. The van der Waals surface area contributed by atoms with Crippen LogP contribution in [0.5, 0.6) is 0 Å². The summed E-state index contributed by atoms with van der Waals surface area (Å²) in [6.45, 7) is 0. The summed E-state index contributed by atoms with van der Waals surface area (Å²) >= 11 is 10.2. The molecule has 0 unspecified atom stereocenters. The van der Waals surface area contributed by atoms with Gasteiger partial charge in [0.25, 0.3) is 0 Å². The van der Waals surface area contributed by atoms with E-state index in [1.165, 1.54) is 18.5 Å². The lowest BCUT2D eigenvalue weighted by atomic mass is 10.2. The minimum absolute atomic E-state index is 0.222. The molecule has 0 fully saturated rings. The van der Waals surface area contributed by atoms with E-state index in [1.54, 1.807) is 12.1 Å². The molecule has 0 bridgehead atoms. The first-order chi connectivity index (χ1) is 6.24. The molecule has 0 aliphatic rings. The SMILES string of the molecule is CCl.O=C(OO)c1cccc(Cl)c1. The van der Waals surface area contributed by atoms with Crippen molar-refractivity contribution >= 4 is 29.2 Å². The number of benzene rings is 1. The fourth-order valence-corrected chi connectivity index (χ4v) is 0.858. The zero-order chi connectivity index (χ0) is 10.3. The van der Waals surface area contributed by atoms with Gasteiger partial charge in [-0.1, -0.05) is 17.7 Å². The normalized spacial score (nSPS) is 8.31. The molecule has 1 rings (SSSR count). The van der Waals surface area contributed by atoms with Crippen LogP contribution in [0, 0.1) is 0 Å². The van der Waals surface area contributed by atoms with E-state index in [-0.39, 0.29) is 5.56 Å². The van der Waals surface area contributed by atoms with Crippen LogP contribution in [0.25, 0.3) is 0 Å². The lowest BCUT2D eigenvalue weighted by molar-refractivity contribution is -0.182. The van der Waals surface area contributed by atoms with Crippen LogP contribution in [0.2, 0.25) is 5.02 Å². The minimum atomic E-state index is -0.813. The quantitative estimate of drug-likeness (QED) is 0.452. The molecule has 0 spiro atoms. The highest BCUT2D eigenvalue weighted by molar-refractivity contribution is 6.30. The Kier molecular flexibility index (Phi) is 6.32. The van der Waals surface area contributed by atoms with Crippen molar-refractivity contribution in [3.63, 3.8) is 0 Å². The Morgan fingerprint density at radius 1 is 1.46 bits per heavy atom. The predicted octanol–water partition coefficient (Wildman–Crippen LogP) is 2.82. The van der Waals surface area contributed by atoms with Crippen molar-refractivity contribution < 1.29 is 14.9 Å². The number of hydrogen-bond donors (Lipinski definition) is 1. The van der Waals surface area contributed by atoms with Crippen LogP contribution in [0.1, 0.15) is 10.4 Å². The van der Waals surface area contributed by atoms with E-state index in [2.05, 4.69) is 16.5 Å². The highest BCUT2D eigenvalue weighted by Crippen LogP contribution is 2.10. The number of carbonyl (C=O) groups excluding carboxylic acids is 1. The molecule has 0 saturated carbocycles. The van der Waals surface area contributed by atoms with Gasteiger partial charge in [-0.25, -0.2) is 4.79 Å². The van der Waals surface area contributed by atoms with E-state index in [0.717, 1.165) is 0 Å². The summed E-state index contributed by atoms with van der Waals surface area (Å²) in [5.41, 5.74) is 0.222. The Labute approximate surface area is 85.8 Å². The molecular formula is C8H8Cl2O3. The third-order valence-corrected chi connectivity index (χ3v) is 1.38. The van der Waals surface area contributed by atoms with Crippen molar-refractivity contribution in [2.45, 2.75) is 0 Å². The van der Waals surface area contributed by atoms with Crippen LogP contribution in [-0.2, 0) is 4.89 Å². The van der Waals surface area contributed by atoms with Crippen molar-refractivity contribution in [1.29, 1.82) is 0 Å². The van der Waals surface area contributed by atoms with Gasteiger partial charge in [0, 0.05) is 11.4 Å². The summed E-state index contributed by atoms with van der Waals surface area (Å²) in [7, 11) is 0. The zero-order valence-electron chi connectivity index (χ0n) is 6.83. The molecule has 0 aliphatic heterocycles. The summed E-state index contributed by atoms with van der Waals surface area (Å²) in [4.78, 5) is 14.1. The zero-order valence-corrected chi connectivity index (χ0v) is 8.34. The van der Waals surface area contributed by atoms with E-state index in [1.807, 2.05) is 0 Å². The number of halogens is 2. The van der Waals surface area contributed by atoms with Gasteiger partial charge in [-0.2, -0.15) is 5.26 Å². The van der Waals surface area contributed by atoms with Crippen LogP contribution < -0.4 is 0 Å². The van der Waals surface area contributed by atoms with Crippen molar-refractivity contribution in [2.24, 2.45) is 0 Å². The molecule has 1 aromatic carbocycles. The molecule has 1 aromatic rings. The van der Waals surface area contributed by atoms with Gasteiger partial charge in [-0.3, -0.25) is 4.89 Å². The van der Waals surface area contributed by atoms with Crippen LogP contribution in [-0.4, -0.2) is 17.6 Å². The minimum Gasteiger partial charge on any atom is -0.296 e. The first kappa shape index (κ1) is 12.2. The molecule has 0 heterocycles. The number of alkyl halides is 1. The second-order valence-corrected chi connectivity index (χ2v) is 2.33. The largest absolute Gasteiger partial charge is 0.372 e. The van der Waals surface area contributed by atoms with E-state index in [0.29, 0.717) is 5.02 Å². The average molecular weight is 223 g/mol. The Bertz CT molecular complexity index is 276. The Morgan fingerprint density at radius 3 is 2.54 bits per heavy atom. The second kappa shape index (κ2) is 6.71. The monoisotopic (exact) mass is 222 g/mol. The summed E-state index contributed by atoms with van der Waals surface area (Å²) in [6, 6.07) is 6.11. The fourth-order valence-electron chi connectivity index (χ4n) is 0.668. The summed E-state index contributed by atoms with van der Waals surface area (Å²) < 4.78 is 0. The van der Waals surface area contributed by atoms with Gasteiger partial charge < -0.3 is 0 Å². The van der Waals surface area contributed by atoms with Crippen LogP contribution in [0.4, 0.5) is 0 Å². The van der Waals surface area contributed by atoms with E-state index in [4.69, 9.17) is 16.9 Å². The van der Waals surface area contributed by atoms with Gasteiger partial charge in [0.2, 0.25) is 0 Å². The lowest BCUT2D eigenvalue weighted by Crippen LogP contribution is -2.00. The van der Waals surface area contributed by atoms with Crippen molar-refractivity contribution in [3.05, 3.63) is 34.9 Å². The van der Waals surface area contributed by atoms with Gasteiger partial charge in [-0.05, 0) is 18.2 Å². The van der Waals surface area contributed by atoms with Crippen LogP contribution >= 0.6 is 23.2 Å². The van der Waals surface area contributed by atoms with Gasteiger partial charge >= 0.3 is 5.97 Å². The van der Waals surface area contributed by atoms with Crippen molar-refractivity contribution in [1.82, 2.24) is 0 Å². The standard InChI is InChI=1S/C7H5ClO3.CH3Cl/c8-6-3-1-2-5(4-6)7(9)11-10;1-2/h1-4,10H;1H3. The third kappa shape index (κ3) is 4.12. The van der Waals surface area contributed by atoms with Crippen LogP contribution in [0.3, 0.4) is 0 Å². The third-order valence-electron chi connectivity index (χ3n) is 1.14. The summed E-state index contributed by atoms with van der Waals surface area (Å²) in [5.74, 6) is -0.813. The molecule has 0 radical (unpaired) electrons. The fraction of sp³-hybridized carbons (Fsp3) is 0.125. The molecule has 72 valence electrons. The van der Waals surface area contributed by atoms with E-state index >= 15 is 0 Å². The summed E-state index contributed by atoms with van der Waals surface area (Å²) in [5, 5.41) is 8.41.